The van der Waals surface area contributed by atoms with Crippen molar-refractivity contribution in [3.63, 3.8) is 0 Å². The van der Waals surface area contributed by atoms with Crippen molar-refractivity contribution >= 4 is 18.7 Å². The lowest BCUT2D eigenvalue weighted by atomic mass is 10.1. The first-order chi connectivity index (χ1) is 6.77. The Morgan fingerprint density at radius 1 is 1.50 bits per heavy atom. The molecular formula is C11H10FNS. The topological polar surface area (TPSA) is 23.8 Å². The van der Waals surface area contributed by atoms with Crippen LogP contribution in [-0.2, 0) is 6.42 Å². The zero-order valence-corrected chi connectivity index (χ0v) is 8.47. The molecule has 1 aromatic carbocycles. The quantitative estimate of drug-likeness (QED) is 0.757. The zero-order chi connectivity index (χ0) is 10.4. The molecule has 1 nitrogen and oxygen atoms in total. The fourth-order valence-electron chi connectivity index (χ4n) is 1.08. The molecule has 0 atom stereocenters. The lowest BCUT2D eigenvalue weighted by Crippen LogP contribution is -1.88. The van der Waals surface area contributed by atoms with Crippen LogP contribution in [0, 0.1) is 17.1 Å². The monoisotopic (exact) mass is 207 g/mol. The standard InChI is InChI=1S/C11H10FNS/c12-11-8-9(2-1-7-14)3-4-10(11)5-6-13/h1-4,8,14H,5,7H2. The van der Waals surface area contributed by atoms with Crippen LogP contribution in [0.5, 0.6) is 0 Å². The second-order valence-electron chi connectivity index (χ2n) is 2.77. The Labute approximate surface area is 88.3 Å². The number of nitriles is 1. The van der Waals surface area contributed by atoms with Gasteiger partial charge in [-0.1, -0.05) is 24.3 Å². The minimum Gasteiger partial charge on any atom is -0.207 e. The van der Waals surface area contributed by atoms with Crippen molar-refractivity contribution in [2.24, 2.45) is 0 Å². The molecule has 0 bridgehead atoms. The summed E-state index contributed by atoms with van der Waals surface area (Å²) < 4.78 is 13.3. The van der Waals surface area contributed by atoms with Crippen molar-refractivity contribution in [1.29, 1.82) is 5.26 Å². The molecule has 0 saturated heterocycles. The average Bonchev–Trinajstić information content (AvgIpc) is 2.19. The molecular weight excluding hydrogens is 197 g/mol. The summed E-state index contributed by atoms with van der Waals surface area (Å²) in [5, 5.41) is 8.41. The molecule has 0 unspecified atom stereocenters. The van der Waals surface area contributed by atoms with Crippen molar-refractivity contribution < 1.29 is 4.39 Å². The number of nitrogens with zero attached hydrogens (tertiary/aromatic N) is 1. The van der Waals surface area contributed by atoms with E-state index in [0.29, 0.717) is 11.3 Å². The van der Waals surface area contributed by atoms with E-state index in [-0.39, 0.29) is 12.2 Å². The Balaban J connectivity index is 2.90. The van der Waals surface area contributed by atoms with Gasteiger partial charge in [0.05, 0.1) is 12.5 Å². The molecule has 0 aliphatic rings. The largest absolute Gasteiger partial charge is 0.207 e. The number of hydrogen-bond donors (Lipinski definition) is 1. The lowest BCUT2D eigenvalue weighted by molar-refractivity contribution is 0.615. The maximum absolute atomic E-state index is 13.3. The summed E-state index contributed by atoms with van der Waals surface area (Å²) >= 11 is 4.01. The summed E-state index contributed by atoms with van der Waals surface area (Å²) in [5.41, 5.74) is 1.23. The molecule has 3 heteroatoms. The van der Waals surface area contributed by atoms with Gasteiger partial charge in [0, 0.05) is 11.3 Å². The van der Waals surface area contributed by atoms with Crippen molar-refractivity contribution in [1.82, 2.24) is 0 Å². The van der Waals surface area contributed by atoms with Gasteiger partial charge in [0.25, 0.3) is 0 Å². The van der Waals surface area contributed by atoms with E-state index in [0.717, 1.165) is 5.56 Å². The smallest absolute Gasteiger partial charge is 0.128 e. The van der Waals surface area contributed by atoms with Crippen LogP contribution in [0.3, 0.4) is 0 Å². The summed E-state index contributed by atoms with van der Waals surface area (Å²) in [5.74, 6) is 0.301. The van der Waals surface area contributed by atoms with Crippen LogP contribution in [0.25, 0.3) is 6.08 Å². The molecule has 0 saturated carbocycles. The molecule has 0 heterocycles. The van der Waals surface area contributed by atoms with Gasteiger partial charge in [-0.3, -0.25) is 0 Å². The molecule has 0 amide bonds. The van der Waals surface area contributed by atoms with E-state index in [1.807, 2.05) is 12.1 Å². The van der Waals surface area contributed by atoms with Gasteiger partial charge in [-0.15, -0.1) is 0 Å². The van der Waals surface area contributed by atoms with Crippen LogP contribution in [0.2, 0.25) is 0 Å². The number of halogens is 1. The molecule has 0 spiro atoms. The van der Waals surface area contributed by atoms with Gasteiger partial charge in [-0.05, 0) is 11.6 Å². The highest BCUT2D eigenvalue weighted by Gasteiger charge is 2.00. The Bertz CT molecular complexity index is 379. The molecule has 0 aliphatic heterocycles. The van der Waals surface area contributed by atoms with Crippen LogP contribution in [0.4, 0.5) is 4.39 Å². The minimum absolute atomic E-state index is 0.113. The van der Waals surface area contributed by atoms with E-state index < -0.39 is 0 Å². The van der Waals surface area contributed by atoms with Gasteiger partial charge in [0.2, 0.25) is 0 Å². The van der Waals surface area contributed by atoms with Gasteiger partial charge >= 0.3 is 0 Å². The number of hydrogen-bond acceptors (Lipinski definition) is 2. The van der Waals surface area contributed by atoms with Gasteiger partial charge in [0.1, 0.15) is 5.82 Å². The third kappa shape index (κ3) is 2.90. The second-order valence-corrected chi connectivity index (χ2v) is 3.14. The first-order valence-electron chi connectivity index (χ1n) is 4.20. The van der Waals surface area contributed by atoms with Crippen molar-refractivity contribution in [3.05, 3.63) is 41.2 Å². The van der Waals surface area contributed by atoms with Gasteiger partial charge < -0.3 is 0 Å². The van der Waals surface area contributed by atoms with Crippen molar-refractivity contribution in [2.45, 2.75) is 6.42 Å². The molecule has 0 fully saturated rings. The van der Waals surface area contributed by atoms with E-state index in [9.17, 15) is 4.39 Å². The molecule has 0 aliphatic carbocycles. The van der Waals surface area contributed by atoms with Gasteiger partial charge in [-0.25, -0.2) is 4.39 Å². The molecule has 0 N–H and O–H groups in total. The molecule has 1 aromatic rings. The van der Waals surface area contributed by atoms with E-state index in [2.05, 4.69) is 12.6 Å². The number of benzene rings is 1. The maximum Gasteiger partial charge on any atom is 0.128 e. The highest BCUT2D eigenvalue weighted by atomic mass is 32.1. The third-order valence-electron chi connectivity index (χ3n) is 1.76. The fraction of sp³-hybridized carbons (Fsp3) is 0.182. The fourth-order valence-corrected chi connectivity index (χ4v) is 1.19. The van der Waals surface area contributed by atoms with Gasteiger partial charge in [0.15, 0.2) is 0 Å². The van der Waals surface area contributed by atoms with E-state index in [1.165, 1.54) is 6.07 Å². The summed E-state index contributed by atoms with van der Waals surface area (Å²) in [4.78, 5) is 0. The van der Waals surface area contributed by atoms with Crippen LogP contribution < -0.4 is 0 Å². The third-order valence-corrected chi connectivity index (χ3v) is 1.97. The van der Waals surface area contributed by atoms with Crippen molar-refractivity contribution in [3.8, 4) is 6.07 Å². The molecule has 1 rings (SSSR count). The highest BCUT2D eigenvalue weighted by molar-refractivity contribution is 7.80. The lowest BCUT2D eigenvalue weighted by Gasteiger charge is -1.99. The van der Waals surface area contributed by atoms with Crippen molar-refractivity contribution in [2.75, 3.05) is 5.75 Å². The average molecular weight is 207 g/mol. The first-order valence-corrected chi connectivity index (χ1v) is 4.84. The summed E-state index contributed by atoms with van der Waals surface area (Å²) in [6.07, 6.45) is 3.75. The molecule has 0 radical (unpaired) electrons. The number of rotatable bonds is 3. The van der Waals surface area contributed by atoms with E-state index in [4.69, 9.17) is 5.26 Å². The predicted octanol–water partition coefficient (Wildman–Crippen LogP) is 2.83. The Morgan fingerprint density at radius 3 is 2.86 bits per heavy atom. The minimum atomic E-state index is -0.326. The summed E-state index contributed by atoms with van der Waals surface area (Å²) in [6, 6.07) is 6.76. The zero-order valence-electron chi connectivity index (χ0n) is 7.57. The van der Waals surface area contributed by atoms with E-state index >= 15 is 0 Å². The first kappa shape index (κ1) is 10.8. The van der Waals surface area contributed by atoms with Crippen LogP contribution in [0.1, 0.15) is 11.1 Å². The van der Waals surface area contributed by atoms with Crippen LogP contribution >= 0.6 is 12.6 Å². The second kappa shape index (κ2) is 5.46. The molecule has 72 valence electrons. The van der Waals surface area contributed by atoms with Crippen LogP contribution in [0.15, 0.2) is 24.3 Å². The maximum atomic E-state index is 13.3. The highest BCUT2D eigenvalue weighted by Crippen LogP contribution is 2.12. The normalized spacial score (nSPS) is 10.4. The van der Waals surface area contributed by atoms with Crippen LogP contribution in [-0.4, -0.2) is 5.75 Å². The Kier molecular flexibility index (Phi) is 4.21. The van der Waals surface area contributed by atoms with Gasteiger partial charge in [-0.2, -0.15) is 17.9 Å². The summed E-state index contributed by atoms with van der Waals surface area (Å²) in [6.45, 7) is 0. The van der Waals surface area contributed by atoms with E-state index in [1.54, 1.807) is 18.2 Å². The Hall–Kier alpha value is -1.27. The SMILES string of the molecule is N#CCc1ccc(C=CCS)cc1F. The number of thiol groups is 1. The molecule has 0 aromatic heterocycles. The molecule has 14 heavy (non-hydrogen) atoms. The predicted molar refractivity (Wildman–Crippen MR) is 58.6 cm³/mol. The summed E-state index contributed by atoms with van der Waals surface area (Å²) in [7, 11) is 0. The Morgan fingerprint density at radius 2 is 2.29 bits per heavy atom.